The highest BCUT2D eigenvalue weighted by atomic mass is 16.3. The van der Waals surface area contributed by atoms with Gasteiger partial charge in [0.05, 0.1) is 11.6 Å². The van der Waals surface area contributed by atoms with Gasteiger partial charge in [-0.3, -0.25) is 9.88 Å². The number of nitrogens with zero attached hydrogens (tertiary/aromatic N) is 2. The zero-order valence-corrected chi connectivity index (χ0v) is 13.1. The minimum atomic E-state index is -0.453. The molecule has 0 amide bonds. The quantitative estimate of drug-likeness (QED) is 0.939. The molecule has 0 spiro atoms. The second-order valence-corrected chi connectivity index (χ2v) is 6.09. The summed E-state index contributed by atoms with van der Waals surface area (Å²) in [4.78, 5) is 7.12. The smallest absolute Gasteiger partial charge is 0.0966 e. The normalized spacial score (nSPS) is 21.0. The summed E-state index contributed by atoms with van der Waals surface area (Å²) < 4.78 is 0. The molecule has 3 heteroatoms. The Morgan fingerprint density at radius 3 is 2.95 bits per heavy atom. The number of aromatic nitrogens is 1. The summed E-state index contributed by atoms with van der Waals surface area (Å²) in [7, 11) is 0. The number of hydrogen-bond acceptors (Lipinski definition) is 3. The van der Waals surface area contributed by atoms with Crippen LogP contribution in [0.2, 0.25) is 0 Å². The van der Waals surface area contributed by atoms with Crippen LogP contribution < -0.4 is 0 Å². The fourth-order valence-corrected chi connectivity index (χ4v) is 3.47. The number of rotatable bonds is 3. The van der Waals surface area contributed by atoms with Gasteiger partial charge in [0, 0.05) is 22.7 Å². The Morgan fingerprint density at radius 1 is 1.38 bits per heavy atom. The van der Waals surface area contributed by atoms with E-state index >= 15 is 0 Å². The summed E-state index contributed by atoms with van der Waals surface area (Å²) in [6.07, 6.45) is 1.79. The molecule has 1 N–H and O–H groups in total. The van der Waals surface area contributed by atoms with Crippen molar-refractivity contribution in [1.29, 1.82) is 0 Å². The van der Waals surface area contributed by atoms with Crippen molar-refractivity contribution in [2.75, 3.05) is 13.1 Å². The lowest BCUT2D eigenvalue weighted by atomic mass is 9.97. The van der Waals surface area contributed by atoms with Gasteiger partial charge in [0.2, 0.25) is 0 Å². The first-order chi connectivity index (χ1) is 10.1. The predicted octanol–water partition coefficient (Wildman–Crippen LogP) is 3.37. The summed E-state index contributed by atoms with van der Waals surface area (Å²) in [5, 5.41) is 12.0. The van der Waals surface area contributed by atoms with Crippen molar-refractivity contribution in [2.24, 2.45) is 0 Å². The molecule has 1 fully saturated rings. The standard InChI is InChI=1S/C18H24N2O/c1-4-20-10-6-9-16(20)18(21)15-8-5-7-14-11-12(2)13(3)19-17(14)15/h5,7-8,11,16,18,21H,4,6,9-10H2,1-3H3/t16-,18-/m1/s1. The maximum atomic E-state index is 10.9. The Bertz CT molecular complexity index is 653. The number of aliphatic hydroxyl groups is 1. The monoisotopic (exact) mass is 284 g/mol. The topological polar surface area (TPSA) is 36.4 Å². The molecule has 0 radical (unpaired) electrons. The van der Waals surface area contributed by atoms with Crippen molar-refractivity contribution >= 4 is 10.9 Å². The molecular formula is C18H24N2O. The Kier molecular flexibility index (Phi) is 3.96. The Labute approximate surface area is 126 Å². The molecule has 112 valence electrons. The minimum absolute atomic E-state index is 0.226. The zero-order valence-electron chi connectivity index (χ0n) is 13.1. The van der Waals surface area contributed by atoms with Gasteiger partial charge >= 0.3 is 0 Å². The van der Waals surface area contributed by atoms with Crippen LogP contribution in [0.4, 0.5) is 0 Å². The molecule has 1 saturated heterocycles. The van der Waals surface area contributed by atoms with Gasteiger partial charge in [-0.05, 0) is 51.4 Å². The molecule has 1 aliphatic heterocycles. The van der Waals surface area contributed by atoms with Crippen LogP contribution >= 0.6 is 0 Å². The van der Waals surface area contributed by atoms with E-state index in [1.165, 1.54) is 12.0 Å². The van der Waals surface area contributed by atoms with Gasteiger partial charge in [0.15, 0.2) is 0 Å². The molecule has 0 unspecified atom stereocenters. The van der Waals surface area contributed by atoms with Crippen molar-refractivity contribution in [3.8, 4) is 0 Å². The van der Waals surface area contributed by atoms with E-state index in [4.69, 9.17) is 4.98 Å². The number of pyridine rings is 1. The number of fused-ring (bicyclic) bond motifs is 1. The van der Waals surface area contributed by atoms with E-state index in [0.717, 1.165) is 41.7 Å². The van der Waals surface area contributed by atoms with Crippen LogP contribution in [0.3, 0.4) is 0 Å². The second-order valence-electron chi connectivity index (χ2n) is 6.09. The summed E-state index contributed by atoms with van der Waals surface area (Å²) >= 11 is 0. The van der Waals surface area contributed by atoms with E-state index in [0.29, 0.717) is 0 Å². The van der Waals surface area contributed by atoms with Crippen molar-refractivity contribution in [2.45, 2.75) is 45.8 Å². The Morgan fingerprint density at radius 2 is 2.19 bits per heavy atom. The van der Waals surface area contributed by atoms with Crippen LogP contribution in [0, 0.1) is 13.8 Å². The maximum Gasteiger partial charge on any atom is 0.0966 e. The average Bonchev–Trinajstić information content (AvgIpc) is 2.95. The number of aliphatic hydroxyl groups excluding tert-OH is 1. The summed E-state index contributed by atoms with van der Waals surface area (Å²) in [5.74, 6) is 0. The van der Waals surface area contributed by atoms with Crippen LogP contribution in [-0.4, -0.2) is 34.1 Å². The molecular weight excluding hydrogens is 260 g/mol. The molecule has 1 aliphatic rings. The van der Waals surface area contributed by atoms with Gasteiger partial charge in [-0.2, -0.15) is 0 Å². The summed E-state index contributed by atoms with van der Waals surface area (Å²) in [6.45, 7) is 8.37. The second kappa shape index (κ2) is 5.74. The highest BCUT2D eigenvalue weighted by molar-refractivity contribution is 5.83. The average molecular weight is 284 g/mol. The first-order valence-corrected chi connectivity index (χ1v) is 7.90. The minimum Gasteiger partial charge on any atom is -0.387 e. The van der Waals surface area contributed by atoms with Crippen LogP contribution in [0.1, 0.15) is 42.7 Å². The third-order valence-corrected chi connectivity index (χ3v) is 4.82. The lowest BCUT2D eigenvalue weighted by Gasteiger charge is -2.28. The zero-order chi connectivity index (χ0) is 15.0. The third kappa shape index (κ3) is 2.56. The van der Waals surface area contributed by atoms with Crippen LogP contribution in [0.25, 0.3) is 10.9 Å². The van der Waals surface area contributed by atoms with Gasteiger partial charge in [-0.25, -0.2) is 0 Å². The van der Waals surface area contributed by atoms with E-state index in [9.17, 15) is 5.11 Å². The molecule has 2 heterocycles. The molecule has 0 aliphatic carbocycles. The van der Waals surface area contributed by atoms with E-state index in [1.807, 2.05) is 19.1 Å². The summed E-state index contributed by atoms with van der Waals surface area (Å²) in [6, 6.07) is 8.53. The lowest BCUT2D eigenvalue weighted by Crippen LogP contribution is -2.34. The molecule has 0 saturated carbocycles. The number of benzene rings is 1. The van der Waals surface area contributed by atoms with Crippen molar-refractivity contribution in [1.82, 2.24) is 9.88 Å². The SMILES string of the molecule is CCN1CCC[C@@H]1[C@H](O)c1cccc2cc(C)c(C)nc12. The molecule has 3 rings (SSSR count). The molecule has 2 atom stereocenters. The van der Waals surface area contributed by atoms with Gasteiger partial charge in [0.25, 0.3) is 0 Å². The molecule has 1 aromatic heterocycles. The van der Waals surface area contributed by atoms with Gasteiger partial charge in [0.1, 0.15) is 0 Å². The first-order valence-electron chi connectivity index (χ1n) is 7.90. The van der Waals surface area contributed by atoms with Crippen molar-refractivity contribution in [3.63, 3.8) is 0 Å². The van der Waals surface area contributed by atoms with E-state index in [-0.39, 0.29) is 6.04 Å². The number of likely N-dealkylation sites (N-methyl/N-ethyl adjacent to an activating group) is 1. The molecule has 1 aromatic carbocycles. The van der Waals surface area contributed by atoms with Crippen LogP contribution in [0.15, 0.2) is 24.3 Å². The first kappa shape index (κ1) is 14.5. The summed E-state index contributed by atoms with van der Waals surface area (Å²) in [5.41, 5.74) is 4.17. The highest BCUT2D eigenvalue weighted by Gasteiger charge is 2.31. The predicted molar refractivity (Wildman–Crippen MR) is 86.4 cm³/mol. The van der Waals surface area contributed by atoms with Gasteiger partial charge in [-0.1, -0.05) is 25.1 Å². The van der Waals surface area contributed by atoms with Gasteiger partial charge < -0.3 is 5.11 Å². The van der Waals surface area contributed by atoms with E-state index < -0.39 is 6.10 Å². The molecule has 0 bridgehead atoms. The number of likely N-dealkylation sites (tertiary alicyclic amines) is 1. The Balaban J connectivity index is 2.05. The number of aryl methyl sites for hydroxylation is 2. The molecule has 3 nitrogen and oxygen atoms in total. The number of hydrogen-bond donors (Lipinski definition) is 1. The van der Waals surface area contributed by atoms with Gasteiger partial charge in [-0.15, -0.1) is 0 Å². The van der Waals surface area contributed by atoms with E-state index in [1.54, 1.807) is 0 Å². The fourth-order valence-electron chi connectivity index (χ4n) is 3.47. The fraction of sp³-hybridized carbons (Fsp3) is 0.500. The Hall–Kier alpha value is -1.45. The van der Waals surface area contributed by atoms with Crippen LogP contribution in [-0.2, 0) is 0 Å². The maximum absolute atomic E-state index is 10.9. The van der Waals surface area contributed by atoms with Crippen molar-refractivity contribution in [3.05, 3.63) is 41.1 Å². The lowest BCUT2D eigenvalue weighted by molar-refractivity contribution is 0.0764. The van der Waals surface area contributed by atoms with Crippen molar-refractivity contribution < 1.29 is 5.11 Å². The largest absolute Gasteiger partial charge is 0.387 e. The third-order valence-electron chi connectivity index (χ3n) is 4.82. The molecule has 21 heavy (non-hydrogen) atoms. The highest BCUT2D eigenvalue weighted by Crippen LogP contribution is 2.32. The number of para-hydroxylation sites is 1. The molecule has 2 aromatic rings. The van der Waals surface area contributed by atoms with Crippen LogP contribution in [0.5, 0.6) is 0 Å². The van der Waals surface area contributed by atoms with E-state index in [2.05, 4.69) is 30.9 Å².